The van der Waals surface area contributed by atoms with Gasteiger partial charge in [0.05, 0.1) is 31.0 Å². The first-order valence-corrected chi connectivity index (χ1v) is 9.23. The van der Waals surface area contributed by atoms with E-state index in [1.165, 1.54) is 0 Å². The Labute approximate surface area is 153 Å². The summed E-state index contributed by atoms with van der Waals surface area (Å²) >= 11 is 0. The Kier molecular flexibility index (Phi) is 5.75. The number of rotatable bonds is 7. The highest BCUT2D eigenvalue weighted by Crippen LogP contribution is 2.25. The number of furan rings is 1. The lowest BCUT2D eigenvalue weighted by Gasteiger charge is -2.33. The van der Waals surface area contributed by atoms with E-state index in [1.54, 1.807) is 12.3 Å². The van der Waals surface area contributed by atoms with Crippen molar-refractivity contribution in [2.24, 2.45) is 0 Å². The van der Waals surface area contributed by atoms with Crippen LogP contribution in [-0.2, 0) is 29.1 Å². The minimum atomic E-state index is -0.0969. The van der Waals surface area contributed by atoms with Crippen LogP contribution in [0.25, 0.3) is 0 Å². The summed E-state index contributed by atoms with van der Waals surface area (Å²) in [6.45, 7) is 5.87. The van der Waals surface area contributed by atoms with E-state index in [-0.39, 0.29) is 24.3 Å². The van der Waals surface area contributed by atoms with Gasteiger partial charge in [0.2, 0.25) is 11.8 Å². The van der Waals surface area contributed by atoms with Crippen LogP contribution in [0.5, 0.6) is 0 Å². The van der Waals surface area contributed by atoms with E-state index in [0.717, 1.165) is 36.7 Å². The van der Waals surface area contributed by atoms with Crippen molar-refractivity contribution in [3.05, 3.63) is 41.9 Å². The van der Waals surface area contributed by atoms with E-state index in [0.29, 0.717) is 19.5 Å². The van der Waals surface area contributed by atoms with Crippen LogP contribution in [0.4, 0.5) is 0 Å². The molecule has 1 aliphatic rings. The first-order valence-electron chi connectivity index (χ1n) is 9.23. The predicted molar refractivity (Wildman–Crippen MR) is 96.1 cm³/mol. The minimum Gasteiger partial charge on any atom is -0.467 e. The van der Waals surface area contributed by atoms with Gasteiger partial charge in [-0.25, -0.2) is 4.98 Å². The van der Waals surface area contributed by atoms with E-state index in [1.807, 2.05) is 24.1 Å². The number of aromatic nitrogens is 2. The Morgan fingerprint density at radius 2 is 2.23 bits per heavy atom. The largest absolute Gasteiger partial charge is 0.467 e. The molecule has 0 aromatic carbocycles. The summed E-state index contributed by atoms with van der Waals surface area (Å²) in [5.74, 6) is 1.67. The van der Waals surface area contributed by atoms with Gasteiger partial charge in [-0.15, -0.1) is 0 Å². The van der Waals surface area contributed by atoms with Crippen LogP contribution < -0.4 is 5.32 Å². The molecule has 26 heavy (non-hydrogen) atoms. The number of imidazole rings is 1. The second kappa shape index (κ2) is 8.21. The van der Waals surface area contributed by atoms with E-state index < -0.39 is 0 Å². The monoisotopic (exact) mass is 358 g/mol. The molecule has 2 aromatic rings. The van der Waals surface area contributed by atoms with Gasteiger partial charge in [0, 0.05) is 25.7 Å². The molecular formula is C19H26N4O3. The molecule has 0 radical (unpaired) electrons. The molecule has 1 aliphatic heterocycles. The smallest absolute Gasteiger partial charge is 0.226 e. The first kappa shape index (κ1) is 18.2. The van der Waals surface area contributed by atoms with Gasteiger partial charge in [0.25, 0.3) is 0 Å². The number of nitrogens with zero attached hydrogens (tertiary/aromatic N) is 3. The normalized spacial score (nSPS) is 16.4. The Morgan fingerprint density at radius 1 is 1.38 bits per heavy atom. The average molecular weight is 358 g/mol. The summed E-state index contributed by atoms with van der Waals surface area (Å²) in [5.41, 5.74) is 0.728. The highest BCUT2D eigenvalue weighted by molar-refractivity contribution is 5.78. The van der Waals surface area contributed by atoms with Crippen molar-refractivity contribution >= 4 is 11.8 Å². The number of nitrogens with one attached hydrogen (secondary N) is 1. The standard InChI is InChI=1S/C19H26N4O3/c1-3-4-7-18(25)23-9-8-22-13-15(21-19(22)14(23)2)11-17(24)20-12-16-6-5-10-26-16/h5-6,10,13-14H,3-4,7-9,11-12H2,1-2H3,(H,20,24). The van der Waals surface area contributed by atoms with Crippen LogP contribution in [-0.4, -0.2) is 32.8 Å². The SMILES string of the molecule is CCCCC(=O)N1CCn2cc(CC(=O)NCc3ccco3)nc2C1C. The molecule has 0 saturated carbocycles. The topological polar surface area (TPSA) is 80.4 Å². The van der Waals surface area contributed by atoms with Crippen molar-refractivity contribution in [3.8, 4) is 0 Å². The molecule has 7 heteroatoms. The third-order valence-electron chi connectivity index (χ3n) is 4.73. The Hall–Kier alpha value is -2.57. The van der Waals surface area contributed by atoms with Gasteiger partial charge in [0.15, 0.2) is 0 Å². The fourth-order valence-electron chi connectivity index (χ4n) is 3.27. The van der Waals surface area contributed by atoms with Crippen molar-refractivity contribution < 1.29 is 14.0 Å². The van der Waals surface area contributed by atoms with E-state index in [4.69, 9.17) is 4.42 Å². The van der Waals surface area contributed by atoms with Crippen molar-refractivity contribution in [2.45, 2.75) is 58.7 Å². The number of carbonyl (C=O) groups excluding carboxylic acids is 2. The van der Waals surface area contributed by atoms with Gasteiger partial charge in [-0.1, -0.05) is 13.3 Å². The van der Waals surface area contributed by atoms with Crippen LogP contribution in [0.1, 0.15) is 56.4 Å². The lowest BCUT2D eigenvalue weighted by molar-refractivity contribution is -0.134. The molecule has 0 saturated heterocycles. The quantitative estimate of drug-likeness (QED) is 0.824. The molecule has 7 nitrogen and oxygen atoms in total. The summed E-state index contributed by atoms with van der Waals surface area (Å²) in [7, 11) is 0. The summed E-state index contributed by atoms with van der Waals surface area (Å²) < 4.78 is 7.26. The molecule has 1 N–H and O–H groups in total. The number of hydrogen-bond donors (Lipinski definition) is 1. The van der Waals surface area contributed by atoms with Gasteiger partial charge < -0.3 is 19.2 Å². The summed E-state index contributed by atoms with van der Waals surface area (Å²) in [6.07, 6.45) is 6.24. The Balaban J connectivity index is 1.59. The highest BCUT2D eigenvalue weighted by atomic mass is 16.3. The zero-order valence-corrected chi connectivity index (χ0v) is 15.4. The predicted octanol–water partition coefficient (Wildman–Crippen LogP) is 2.43. The maximum Gasteiger partial charge on any atom is 0.226 e. The zero-order valence-electron chi connectivity index (χ0n) is 15.4. The van der Waals surface area contributed by atoms with Crippen molar-refractivity contribution in [1.29, 1.82) is 0 Å². The van der Waals surface area contributed by atoms with Crippen LogP contribution in [0, 0.1) is 0 Å². The van der Waals surface area contributed by atoms with Gasteiger partial charge in [-0.3, -0.25) is 9.59 Å². The van der Waals surface area contributed by atoms with Gasteiger partial charge in [-0.2, -0.15) is 0 Å². The van der Waals surface area contributed by atoms with Crippen molar-refractivity contribution in [3.63, 3.8) is 0 Å². The molecule has 0 fully saturated rings. The Bertz CT molecular complexity index is 751. The maximum atomic E-state index is 12.4. The molecule has 2 aromatic heterocycles. The number of carbonyl (C=O) groups is 2. The number of unbranched alkanes of at least 4 members (excludes halogenated alkanes) is 1. The van der Waals surface area contributed by atoms with Gasteiger partial charge in [0.1, 0.15) is 11.6 Å². The fraction of sp³-hybridized carbons (Fsp3) is 0.526. The van der Waals surface area contributed by atoms with Crippen LogP contribution in [0.3, 0.4) is 0 Å². The lowest BCUT2D eigenvalue weighted by Crippen LogP contribution is -2.41. The van der Waals surface area contributed by atoms with Gasteiger partial charge in [-0.05, 0) is 25.5 Å². The number of hydrogen-bond acceptors (Lipinski definition) is 4. The Morgan fingerprint density at radius 3 is 2.96 bits per heavy atom. The second-order valence-corrected chi connectivity index (χ2v) is 6.68. The molecule has 0 aliphatic carbocycles. The zero-order chi connectivity index (χ0) is 18.5. The molecule has 140 valence electrons. The summed E-state index contributed by atoms with van der Waals surface area (Å²) in [6, 6.07) is 3.55. The molecular weight excluding hydrogens is 332 g/mol. The molecule has 1 unspecified atom stereocenters. The molecule has 3 rings (SSSR count). The van der Waals surface area contributed by atoms with Gasteiger partial charge >= 0.3 is 0 Å². The van der Waals surface area contributed by atoms with Crippen molar-refractivity contribution in [1.82, 2.24) is 19.8 Å². The molecule has 3 heterocycles. The van der Waals surface area contributed by atoms with Crippen LogP contribution >= 0.6 is 0 Å². The molecule has 1 atom stereocenters. The molecule has 2 amide bonds. The fourth-order valence-corrected chi connectivity index (χ4v) is 3.27. The highest BCUT2D eigenvalue weighted by Gasteiger charge is 2.29. The minimum absolute atomic E-state index is 0.0620. The van der Waals surface area contributed by atoms with E-state index in [2.05, 4.69) is 21.8 Å². The third-order valence-corrected chi connectivity index (χ3v) is 4.73. The molecule has 0 spiro atoms. The van der Waals surface area contributed by atoms with E-state index in [9.17, 15) is 9.59 Å². The summed E-state index contributed by atoms with van der Waals surface area (Å²) in [5, 5.41) is 2.83. The maximum absolute atomic E-state index is 12.4. The number of amides is 2. The third kappa shape index (κ3) is 4.15. The molecule has 0 bridgehead atoms. The first-order chi connectivity index (χ1) is 12.6. The second-order valence-electron chi connectivity index (χ2n) is 6.68. The average Bonchev–Trinajstić information content (AvgIpc) is 3.28. The van der Waals surface area contributed by atoms with E-state index >= 15 is 0 Å². The van der Waals surface area contributed by atoms with Crippen molar-refractivity contribution in [2.75, 3.05) is 6.54 Å². The lowest BCUT2D eigenvalue weighted by atomic mass is 10.1. The summed E-state index contributed by atoms with van der Waals surface area (Å²) in [4.78, 5) is 31.0. The number of fused-ring (bicyclic) bond motifs is 1. The van der Waals surface area contributed by atoms with Crippen LogP contribution in [0.2, 0.25) is 0 Å². The van der Waals surface area contributed by atoms with Crippen LogP contribution in [0.15, 0.2) is 29.0 Å².